The minimum absolute atomic E-state index is 0.357. The molecule has 19 heavy (non-hydrogen) atoms. The van der Waals surface area contributed by atoms with E-state index >= 15 is 0 Å². The lowest BCUT2D eigenvalue weighted by atomic mass is 10.3. The lowest BCUT2D eigenvalue weighted by Gasteiger charge is -2.13. The van der Waals surface area contributed by atoms with E-state index in [4.69, 9.17) is 0 Å². The molecule has 1 aromatic rings. The molecule has 0 aromatic carbocycles. The van der Waals surface area contributed by atoms with Crippen LogP contribution < -0.4 is 16.0 Å². The molecule has 1 aromatic heterocycles. The molecular weight excluding hydrogens is 248 g/mol. The highest BCUT2D eigenvalue weighted by molar-refractivity contribution is 5.96. The van der Waals surface area contributed by atoms with Crippen molar-refractivity contribution in [2.24, 2.45) is 7.05 Å². The van der Waals surface area contributed by atoms with Crippen LogP contribution in [0.1, 0.15) is 19.7 Å². The summed E-state index contributed by atoms with van der Waals surface area (Å²) in [6.45, 7) is 4.54. The van der Waals surface area contributed by atoms with Crippen molar-refractivity contribution in [3.05, 3.63) is 12.2 Å². The molecule has 0 saturated carbocycles. The second-order valence-electron chi connectivity index (χ2n) is 4.13. The van der Waals surface area contributed by atoms with E-state index in [0.717, 1.165) is 5.82 Å². The van der Waals surface area contributed by atoms with Crippen LogP contribution in [0.2, 0.25) is 0 Å². The lowest BCUT2D eigenvalue weighted by Crippen LogP contribution is -2.48. The first-order chi connectivity index (χ1) is 9.04. The van der Waals surface area contributed by atoms with E-state index in [-0.39, 0.29) is 5.91 Å². The molecule has 0 aliphatic rings. The van der Waals surface area contributed by atoms with Gasteiger partial charge in [0.05, 0.1) is 6.04 Å². The molecule has 1 rings (SSSR count). The Morgan fingerprint density at radius 1 is 1.47 bits per heavy atom. The summed E-state index contributed by atoms with van der Waals surface area (Å²) in [6, 6.07) is -0.926. The van der Waals surface area contributed by atoms with Crippen LogP contribution in [-0.4, -0.2) is 45.8 Å². The van der Waals surface area contributed by atoms with Gasteiger partial charge in [-0.15, -0.1) is 10.2 Å². The number of hydrogen-bond acceptors (Lipinski definition) is 5. The quantitative estimate of drug-likeness (QED) is 0.626. The number of carbonyl (C=O) groups is 2. The number of aryl methyl sites for hydroxylation is 1. The van der Waals surface area contributed by atoms with Crippen molar-refractivity contribution >= 4 is 11.9 Å². The molecule has 0 saturated heterocycles. The van der Waals surface area contributed by atoms with Gasteiger partial charge in [0.15, 0.2) is 0 Å². The molecule has 3 amide bonds. The predicted octanol–water partition coefficient (Wildman–Crippen LogP) is -0.819. The number of hydrogen-bond donors (Lipinski definition) is 3. The highest BCUT2D eigenvalue weighted by Gasteiger charge is 2.14. The Bertz CT molecular complexity index is 431. The van der Waals surface area contributed by atoms with Gasteiger partial charge in [-0.1, -0.05) is 0 Å². The molecule has 0 aliphatic heterocycles. The third-order valence-electron chi connectivity index (χ3n) is 2.57. The monoisotopic (exact) mass is 268 g/mol. The molecular formula is C11H20N6O2. The zero-order valence-corrected chi connectivity index (χ0v) is 11.4. The fraction of sp³-hybridized carbons (Fsp3) is 0.636. The molecule has 8 nitrogen and oxygen atoms in total. The zero-order chi connectivity index (χ0) is 14.3. The maximum atomic E-state index is 11.6. The summed E-state index contributed by atoms with van der Waals surface area (Å²) in [4.78, 5) is 22.8. The van der Waals surface area contributed by atoms with Gasteiger partial charge in [-0.2, -0.15) is 0 Å². The fourth-order valence-corrected chi connectivity index (χ4v) is 1.45. The van der Waals surface area contributed by atoms with E-state index in [1.54, 1.807) is 20.2 Å². The van der Waals surface area contributed by atoms with Crippen LogP contribution in [0.15, 0.2) is 6.33 Å². The van der Waals surface area contributed by atoms with E-state index < -0.39 is 12.1 Å². The van der Waals surface area contributed by atoms with E-state index in [1.165, 1.54) is 0 Å². The van der Waals surface area contributed by atoms with E-state index in [1.807, 2.05) is 11.6 Å². The Labute approximate surface area is 112 Å². The second-order valence-corrected chi connectivity index (χ2v) is 4.13. The first kappa shape index (κ1) is 15.1. The number of amides is 3. The molecule has 0 fully saturated rings. The van der Waals surface area contributed by atoms with Crippen LogP contribution in [0.4, 0.5) is 4.79 Å². The third-order valence-corrected chi connectivity index (χ3v) is 2.57. The van der Waals surface area contributed by atoms with Gasteiger partial charge in [-0.3, -0.25) is 10.1 Å². The van der Waals surface area contributed by atoms with Crippen molar-refractivity contribution in [1.29, 1.82) is 0 Å². The Morgan fingerprint density at radius 2 is 2.21 bits per heavy atom. The number of carbonyl (C=O) groups excluding carboxylic acids is 2. The summed E-state index contributed by atoms with van der Waals surface area (Å²) in [6.07, 6.45) is 2.29. The number of imide groups is 1. The second kappa shape index (κ2) is 7.47. The molecule has 3 N–H and O–H groups in total. The predicted molar refractivity (Wildman–Crippen MR) is 69.4 cm³/mol. The summed E-state index contributed by atoms with van der Waals surface area (Å²) < 4.78 is 1.82. The molecule has 1 heterocycles. The van der Waals surface area contributed by atoms with Gasteiger partial charge in [-0.25, -0.2) is 4.79 Å². The first-order valence-electron chi connectivity index (χ1n) is 6.19. The highest BCUT2D eigenvalue weighted by atomic mass is 16.2. The molecule has 1 unspecified atom stereocenters. The van der Waals surface area contributed by atoms with Gasteiger partial charge < -0.3 is 15.2 Å². The molecule has 1 atom stereocenters. The smallest absolute Gasteiger partial charge is 0.321 e. The van der Waals surface area contributed by atoms with Crippen molar-refractivity contribution in [2.45, 2.75) is 26.3 Å². The Morgan fingerprint density at radius 3 is 2.79 bits per heavy atom. The van der Waals surface area contributed by atoms with Gasteiger partial charge in [-0.05, 0) is 13.8 Å². The van der Waals surface area contributed by atoms with Gasteiger partial charge >= 0.3 is 6.03 Å². The van der Waals surface area contributed by atoms with Gasteiger partial charge in [0.1, 0.15) is 12.2 Å². The van der Waals surface area contributed by atoms with Crippen LogP contribution in [-0.2, 0) is 18.3 Å². The van der Waals surface area contributed by atoms with Crippen molar-refractivity contribution in [1.82, 2.24) is 30.7 Å². The first-order valence-corrected chi connectivity index (χ1v) is 6.19. The number of urea groups is 1. The van der Waals surface area contributed by atoms with Gasteiger partial charge in [0.25, 0.3) is 0 Å². The number of nitrogens with one attached hydrogen (secondary N) is 3. The minimum atomic E-state index is -0.477. The summed E-state index contributed by atoms with van der Waals surface area (Å²) in [7, 11) is 1.86. The minimum Gasteiger partial charge on any atom is -0.338 e. The summed E-state index contributed by atoms with van der Waals surface area (Å²) in [5.41, 5.74) is 0. The standard InChI is InChI=1S/C11H20N6O2/c1-4-12-11(19)15-10(18)8(2)13-6-5-9-16-14-7-17(9)3/h7-8,13H,4-6H2,1-3H3,(H2,12,15,18,19). The maximum Gasteiger partial charge on any atom is 0.321 e. The van der Waals surface area contributed by atoms with Crippen molar-refractivity contribution in [3.63, 3.8) is 0 Å². The molecule has 0 spiro atoms. The van der Waals surface area contributed by atoms with E-state index in [0.29, 0.717) is 19.5 Å². The van der Waals surface area contributed by atoms with Crippen LogP contribution in [0.3, 0.4) is 0 Å². The molecule has 8 heteroatoms. The third kappa shape index (κ3) is 5.04. The largest absolute Gasteiger partial charge is 0.338 e. The highest BCUT2D eigenvalue weighted by Crippen LogP contribution is 1.92. The van der Waals surface area contributed by atoms with Gasteiger partial charge in [0.2, 0.25) is 5.91 Å². The number of rotatable bonds is 6. The molecule has 0 bridgehead atoms. The van der Waals surface area contributed by atoms with Crippen LogP contribution >= 0.6 is 0 Å². The zero-order valence-electron chi connectivity index (χ0n) is 11.4. The van der Waals surface area contributed by atoms with E-state index in [9.17, 15) is 9.59 Å². The van der Waals surface area contributed by atoms with Crippen LogP contribution in [0.5, 0.6) is 0 Å². The Balaban J connectivity index is 2.27. The number of nitrogens with zero attached hydrogens (tertiary/aromatic N) is 3. The van der Waals surface area contributed by atoms with Crippen LogP contribution in [0, 0.1) is 0 Å². The fourth-order valence-electron chi connectivity index (χ4n) is 1.45. The summed E-state index contributed by atoms with van der Waals surface area (Å²) in [5.74, 6) is 0.479. The topological polar surface area (TPSA) is 101 Å². The maximum absolute atomic E-state index is 11.6. The SMILES string of the molecule is CCNC(=O)NC(=O)C(C)NCCc1nncn1C. The Hall–Kier alpha value is -1.96. The van der Waals surface area contributed by atoms with Crippen molar-refractivity contribution < 1.29 is 9.59 Å². The van der Waals surface area contributed by atoms with Crippen molar-refractivity contribution in [2.75, 3.05) is 13.1 Å². The molecule has 106 valence electrons. The molecule has 0 aliphatic carbocycles. The average Bonchev–Trinajstić information content (AvgIpc) is 2.75. The van der Waals surface area contributed by atoms with Crippen LogP contribution in [0.25, 0.3) is 0 Å². The van der Waals surface area contributed by atoms with Crippen molar-refractivity contribution in [3.8, 4) is 0 Å². The lowest BCUT2D eigenvalue weighted by molar-refractivity contribution is -0.121. The number of aromatic nitrogens is 3. The Kier molecular flexibility index (Phi) is 5.94. The summed E-state index contributed by atoms with van der Waals surface area (Å²) >= 11 is 0. The average molecular weight is 268 g/mol. The summed E-state index contributed by atoms with van der Waals surface area (Å²) in [5, 5.41) is 15.5. The molecule has 0 radical (unpaired) electrons. The van der Waals surface area contributed by atoms with Gasteiger partial charge in [0, 0.05) is 26.6 Å². The normalized spacial score (nSPS) is 11.9. The van der Waals surface area contributed by atoms with E-state index in [2.05, 4.69) is 26.1 Å².